The summed E-state index contributed by atoms with van der Waals surface area (Å²) in [4.78, 5) is 11.1. The Hall–Kier alpha value is -2.31. The maximum Gasteiger partial charge on any atom is 0.198 e. The minimum Gasteiger partial charge on any atom is -0.453 e. The Bertz CT molecular complexity index is 760. The monoisotopic (exact) mass is 384 g/mol. The van der Waals surface area contributed by atoms with E-state index in [1.165, 1.54) is 11.8 Å². The van der Waals surface area contributed by atoms with Gasteiger partial charge in [-0.25, -0.2) is 9.98 Å². The van der Waals surface area contributed by atoms with Gasteiger partial charge in [0.25, 0.3) is 0 Å². The van der Waals surface area contributed by atoms with Gasteiger partial charge in [0.05, 0.1) is 0 Å². The van der Waals surface area contributed by atoms with Gasteiger partial charge in [-0.05, 0) is 76.0 Å². The standard InChI is InChI=1S/C21H28N4OS/c1-4-14-27-21(22)24-20-19(26-18-11-6-5-7-12-18)15-17(16-23-20)10-8-9-13-25(2)3/h4-7,11-12,14-16H,8-10,13H2,1-3H3,(H2,22,23,24)/b14-4+. The van der Waals surface area contributed by atoms with E-state index < -0.39 is 0 Å². The van der Waals surface area contributed by atoms with Crippen LogP contribution in [0, 0.1) is 0 Å². The number of pyridine rings is 1. The van der Waals surface area contributed by atoms with Crippen LogP contribution in [0.4, 0.5) is 5.82 Å². The normalized spacial score (nSPS) is 12.1. The minimum atomic E-state index is 0.428. The van der Waals surface area contributed by atoms with Crippen LogP contribution in [-0.4, -0.2) is 35.7 Å². The van der Waals surface area contributed by atoms with Crippen molar-refractivity contribution in [2.45, 2.75) is 26.2 Å². The number of nitrogens with two attached hydrogens (primary N) is 1. The molecule has 0 amide bonds. The first-order chi connectivity index (χ1) is 13.1. The molecule has 0 aliphatic carbocycles. The molecular formula is C21H28N4OS. The third-order valence-electron chi connectivity index (χ3n) is 3.72. The molecule has 0 saturated heterocycles. The van der Waals surface area contributed by atoms with Crippen LogP contribution in [-0.2, 0) is 6.42 Å². The van der Waals surface area contributed by atoms with Crippen molar-refractivity contribution in [2.24, 2.45) is 10.7 Å². The lowest BCUT2D eigenvalue weighted by atomic mass is 10.1. The zero-order chi connectivity index (χ0) is 19.5. The molecule has 0 aliphatic heterocycles. The number of unbranched alkanes of at least 4 members (excludes halogenated alkanes) is 1. The minimum absolute atomic E-state index is 0.428. The summed E-state index contributed by atoms with van der Waals surface area (Å²) in [5, 5.41) is 2.31. The highest BCUT2D eigenvalue weighted by Gasteiger charge is 2.09. The van der Waals surface area contributed by atoms with Crippen molar-refractivity contribution in [3.63, 3.8) is 0 Å². The van der Waals surface area contributed by atoms with Gasteiger partial charge in [0.1, 0.15) is 5.75 Å². The van der Waals surface area contributed by atoms with Gasteiger partial charge in [0.2, 0.25) is 0 Å². The highest BCUT2D eigenvalue weighted by Crippen LogP contribution is 2.31. The van der Waals surface area contributed by atoms with Crippen LogP contribution in [0.3, 0.4) is 0 Å². The molecule has 1 aromatic carbocycles. The van der Waals surface area contributed by atoms with Crippen molar-refractivity contribution in [3.05, 3.63) is 59.6 Å². The summed E-state index contributed by atoms with van der Waals surface area (Å²) in [5.41, 5.74) is 7.12. The van der Waals surface area contributed by atoms with Gasteiger partial charge in [-0.1, -0.05) is 36.0 Å². The fourth-order valence-electron chi connectivity index (χ4n) is 2.41. The van der Waals surface area contributed by atoms with Gasteiger partial charge < -0.3 is 15.4 Å². The first-order valence-corrected chi connectivity index (χ1v) is 9.95. The number of rotatable bonds is 9. The van der Waals surface area contributed by atoms with Crippen LogP contribution in [0.1, 0.15) is 25.3 Å². The fraction of sp³-hybridized carbons (Fsp3) is 0.333. The molecule has 2 aromatic rings. The number of aryl methyl sites for hydroxylation is 1. The quantitative estimate of drug-likeness (QED) is 0.376. The second-order valence-corrected chi connectivity index (χ2v) is 7.30. The molecule has 6 heteroatoms. The molecular weight excluding hydrogens is 356 g/mol. The molecule has 1 aromatic heterocycles. The van der Waals surface area contributed by atoms with Crippen molar-refractivity contribution in [1.29, 1.82) is 0 Å². The Morgan fingerprint density at radius 1 is 1.26 bits per heavy atom. The number of ether oxygens (including phenoxy) is 1. The number of allylic oxidation sites excluding steroid dienone is 1. The van der Waals surface area contributed by atoms with Crippen LogP contribution in [0.25, 0.3) is 0 Å². The molecule has 2 N–H and O–H groups in total. The predicted molar refractivity (Wildman–Crippen MR) is 116 cm³/mol. The van der Waals surface area contributed by atoms with Crippen molar-refractivity contribution in [2.75, 3.05) is 20.6 Å². The maximum absolute atomic E-state index is 6.04. The average Bonchev–Trinajstić information content (AvgIpc) is 2.66. The van der Waals surface area contributed by atoms with Crippen LogP contribution >= 0.6 is 11.8 Å². The lowest BCUT2D eigenvalue weighted by Crippen LogP contribution is -2.12. The van der Waals surface area contributed by atoms with Gasteiger partial charge in [0.15, 0.2) is 16.7 Å². The number of amidine groups is 1. The maximum atomic E-state index is 6.04. The van der Waals surface area contributed by atoms with E-state index in [1.807, 2.05) is 61.0 Å². The third-order valence-corrected chi connectivity index (χ3v) is 4.46. The first-order valence-electron chi connectivity index (χ1n) is 9.07. The molecule has 1 heterocycles. The number of thioether (sulfide) groups is 1. The fourth-order valence-corrected chi connectivity index (χ4v) is 2.83. The summed E-state index contributed by atoms with van der Waals surface area (Å²) in [5.74, 6) is 1.86. The van der Waals surface area contributed by atoms with E-state index >= 15 is 0 Å². The molecule has 0 unspecified atom stereocenters. The highest BCUT2D eigenvalue weighted by atomic mass is 32.2. The summed E-state index contributed by atoms with van der Waals surface area (Å²) >= 11 is 1.36. The lowest BCUT2D eigenvalue weighted by Gasteiger charge is -2.11. The number of hydrogen-bond acceptors (Lipinski definition) is 5. The van der Waals surface area contributed by atoms with E-state index in [9.17, 15) is 0 Å². The molecule has 2 rings (SSSR count). The Balaban J connectivity index is 2.18. The largest absolute Gasteiger partial charge is 0.453 e. The van der Waals surface area contributed by atoms with E-state index in [-0.39, 0.29) is 0 Å². The molecule has 5 nitrogen and oxygen atoms in total. The third kappa shape index (κ3) is 7.85. The zero-order valence-corrected chi connectivity index (χ0v) is 17.1. The molecule has 0 spiro atoms. The number of para-hydroxylation sites is 1. The molecule has 0 fully saturated rings. The number of benzene rings is 1. The number of aliphatic imine (C=N–C) groups is 1. The van der Waals surface area contributed by atoms with Crippen molar-refractivity contribution in [1.82, 2.24) is 9.88 Å². The lowest BCUT2D eigenvalue weighted by molar-refractivity contribution is 0.394. The van der Waals surface area contributed by atoms with Crippen molar-refractivity contribution < 1.29 is 4.74 Å². The van der Waals surface area contributed by atoms with Crippen molar-refractivity contribution >= 4 is 22.7 Å². The molecule has 0 aliphatic rings. The molecule has 144 valence electrons. The summed E-state index contributed by atoms with van der Waals surface area (Å²) < 4.78 is 6.04. The molecule has 0 radical (unpaired) electrons. The molecule has 0 saturated carbocycles. The van der Waals surface area contributed by atoms with Crippen molar-refractivity contribution in [3.8, 4) is 11.5 Å². The smallest absolute Gasteiger partial charge is 0.198 e. The molecule has 0 bridgehead atoms. The number of aromatic nitrogens is 1. The summed E-state index contributed by atoms with van der Waals surface area (Å²) in [6.07, 6.45) is 6.98. The van der Waals surface area contributed by atoms with Crippen LogP contribution in [0.15, 0.2) is 59.1 Å². The SMILES string of the molecule is C/C=C/S/C(N)=N\c1ncc(CCCCN(C)C)cc1Oc1ccccc1. The second kappa shape index (κ2) is 11.4. The Morgan fingerprint density at radius 3 is 2.74 bits per heavy atom. The van der Waals surface area contributed by atoms with E-state index in [0.717, 1.165) is 37.1 Å². The summed E-state index contributed by atoms with van der Waals surface area (Å²) in [6, 6.07) is 11.7. The van der Waals surface area contributed by atoms with E-state index in [0.29, 0.717) is 16.7 Å². The van der Waals surface area contributed by atoms with E-state index in [2.05, 4.69) is 29.0 Å². The second-order valence-electron chi connectivity index (χ2n) is 6.38. The predicted octanol–water partition coefficient (Wildman–Crippen LogP) is 4.97. The molecule has 27 heavy (non-hydrogen) atoms. The van der Waals surface area contributed by atoms with Crippen LogP contribution < -0.4 is 10.5 Å². The van der Waals surface area contributed by atoms with Gasteiger partial charge in [-0.3, -0.25) is 0 Å². The van der Waals surface area contributed by atoms with Gasteiger partial charge >= 0.3 is 0 Å². The average molecular weight is 385 g/mol. The highest BCUT2D eigenvalue weighted by molar-refractivity contribution is 8.16. The zero-order valence-electron chi connectivity index (χ0n) is 16.3. The Morgan fingerprint density at radius 2 is 2.04 bits per heavy atom. The topological polar surface area (TPSA) is 63.7 Å². The molecule has 0 atom stereocenters. The van der Waals surface area contributed by atoms with Crippen LogP contribution in [0.2, 0.25) is 0 Å². The van der Waals surface area contributed by atoms with Gasteiger partial charge in [0, 0.05) is 6.20 Å². The first kappa shape index (κ1) is 21.0. The summed E-state index contributed by atoms with van der Waals surface area (Å²) in [6.45, 7) is 3.02. The Labute approximate surface area is 166 Å². The Kier molecular flexibility index (Phi) is 8.87. The number of hydrogen-bond donors (Lipinski definition) is 1. The van der Waals surface area contributed by atoms with Gasteiger partial charge in [-0.2, -0.15) is 0 Å². The van der Waals surface area contributed by atoms with Crippen LogP contribution in [0.5, 0.6) is 11.5 Å². The summed E-state index contributed by atoms with van der Waals surface area (Å²) in [7, 11) is 4.19. The van der Waals surface area contributed by atoms with Gasteiger partial charge in [-0.15, -0.1) is 0 Å². The van der Waals surface area contributed by atoms with E-state index in [4.69, 9.17) is 10.5 Å². The van der Waals surface area contributed by atoms with E-state index in [1.54, 1.807) is 0 Å². The number of nitrogens with zero attached hydrogens (tertiary/aromatic N) is 3.